The highest BCUT2D eigenvalue weighted by molar-refractivity contribution is 5.92. The molecule has 1 aromatic heterocycles. The highest BCUT2D eigenvalue weighted by Crippen LogP contribution is 2.21. The van der Waals surface area contributed by atoms with Crippen molar-refractivity contribution in [1.82, 2.24) is 9.88 Å². The summed E-state index contributed by atoms with van der Waals surface area (Å²) in [5, 5.41) is 5.96. The van der Waals surface area contributed by atoms with Gasteiger partial charge in [-0.05, 0) is 30.5 Å². The van der Waals surface area contributed by atoms with Gasteiger partial charge in [-0.3, -0.25) is 9.88 Å². The molecule has 1 N–H and O–H groups in total. The predicted molar refractivity (Wildman–Crippen MR) is 82.1 cm³/mol. The van der Waals surface area contributed by atoms with E-state index in [2.05, 4.69) is 33.4 Å². The summed E-state index contributed by atoms with van der Waals surface area (Å²) in [5.41, 5.74) is 1.18. The minimum atomic E-state index is 0.877. The van der Waals surface area contributed by atoms with Gasteiger partial charge < -0.3 is 10.1 Å². The SMILES string of the molecule is c1cc(NCCCN2CCOCC2)c2cnccc2c1. The topological polar surface area (TPSA) is 37.4 Å². The van der Waals surface area contributed by atoms with Crippen LogP contribution >= 0.6 is 0 Å². The molecular weight excluding hydrogens is 250 g/mol. The molecule has 20 heavy (non-hydrogen) atoms. The zero-order chi connectivity index (χ0) is 13.6. The monoisotopic (exact) mass is 271 g/mol. The Bertz CT molecular complexity index is 547. The normalized spacial score (nSPS) is 16.4. The van der Waals surface area contributed by atoms with E-state index in [1.807, 2.05) is 18.5 Å². The molecule has 0 unspecified atom stereocenters. The molecule has 0 aliphatic carbocycles. The molecule has 1 aliphatic heterocycles. The van der Waals surface area contributed by atoms with Gasteiger partial charge in [0.2, 0.25) is 0 Å². The average molecular weight is 271 g/mol. The predicted octanol–water partition coefficient (Wildman–Crippen LogP) is 2.37. The van der Waals surface area contributed by atoms with Crippen LogP contribution in [0.5, 0.6) is 0 Å². The number of hydrogen-bond donors (Lipinski definition) is 1. The molecule has 2 heterocycles. The third-order valence-corrected chi connectivity index (χ3v) is 3.75. The molecule has 4 nitrogen and oxygen atoms in total. The summed E-state index contributed by atoms with van der Waals surface area (Å²) in [6.45, 7) is 6.02. The number of rotatable bonds is 5. The van der Waals surface area contributed by atoms with Crippen molar-refractivity contribution in [2.75, 3.05) is 44.7 Å². The standard InChI is InChI=1S/C16H21N3O/c1-3-14-5-7-17-13-15(14)16(4-1)18-6-2-8-19-9-11-20-12-10-19/h1,3-5,7,13,18H,2,6,8-12H2. The lowest BCUT2D eigenvalue weighted by molar-refractivity contribution is 0.0378. The summed E-state index contributed by atoms with van der Waals surface area (Å²) in [4.78, 5) is 6.68. The van der Waals surface area contributed by atoms with Crippen LogP contribution in [0.3, 0.4) is 0 Å². The number of nitrogens with zero attached hydrogens (tertiary/aromatic N) is 2. The van der Waals surface area contributed by atoms with E-state index in [0.717, 1.165) is 45.8 Å². The first-order valence-corrected chi connectivity index (χ1v) is 7.30. The van der Waals surface area contributed by atoms with Crippen LogP contribution in [0, 0.1) is 0 Å². The van der Waals surface area contributed by atoms with Gasteiger partial charge in [0.15, 0.2) is 0 Å². The molecule has 1 aromatic carbocycles. The lowest BCUT2D eigenvalue weighted by Crippen LogP contribution is -2.37. The molecule has 4 heteroatoms. The van der Waals surface area contributed by atoms with Crippen LogP contribution in [-0.2, 0) is 4.74 Å². The lowest BCUT2D eigenvalue weighted by atomic mass is 10.1. The van der Waals surface area contributed by atoms with Crippen molar-refractivity contribution in [3.8, 4) is 0 Å². The quantitative estimate of drug-likeness (QED) is 0.847. The second kappa shape index (κ2) is 6.68. The molecule has 2 aromatic rings. The van der Waals surface area contributed by atoms with Gasteiger partial charge in [0.1, 0.15) is 0 Å². The average Bonchev–Trinajstić information content (AvgIpc) is 2.53. The molecule has 0 radical (unpaired) electrons. The van der Waals surface area contributed by atoms with Crippen molar-refractivity contribution in [1.29, 1.82) is 0 Å². The van der Waals surface area contributed by atoms with Crippen LogP contribution in [0.15, 0.2) is 36.7 Å². The van der Waals surface area contributed by atoms with Gasteiger partial charge in [-0.1, -0.05) is 12.1 Å². The van der Waals surface area contributed by atoms with E-state index in [1.165, 1.54) is 16.5 Å². The van der Waals surface area contributed by atoms with Crippen LogP contribution in [0.4, 0.5) is 5.69 Å². The van der Waals surface area contributed by atoms with Crippen LogP contribution in [0.25, 0.3) is 10.8 Å². The number of aromatic nitrogens is 1. The highest BCUT2D eigenvalue weighted by Gasteiger charge is 2.09. The van der Waals surface area contributed by atoms with Crippen LogP contribution in [0.2, 0.25) is 0 Å². The fourth-order valence-electron chi connectivity index (χ4n) is 2.62. The third kappa shape index (κ3) is 3.26. The van der Waals surface area contributed by atoms with Crippen molar-refractivity contribution < 1.29 is 4.74 Å². The van der Waals surface area contributed by atoms with E-state index in [9.17, 15) is 0 Å². The van der Waals surface area contributed by atoms with Gasteiger partial charge in [-0.15, -0.1) is 0 Å². The summed E-state index contributed by atoms with van der Waals surface area (Å²) >= 11 is 0. The molecule has 0 saturated carbocycles. The van der Waals surface area contributed by atoms with Gasteiger partial charge in [0.25, 0.3) is 0 Å². The van der Waals surface area contributed by atoms with Crippen molar-refractivity contribution in [2.45, 2.75) is 6.42 Å². The molecule has 1 aliphatic rings. The summed E-state index contributed by atoms with van der Waals surface area (Å²) < 4.78 is 5.36. The number of hydrogen-bond acceptors (Lipinski definition) is 4. The van der Waals surface area contributed by atoms with Gasteiger partial charge in [-0.2, -0.15) is 0 Å². The van der Waals surface area contributed by atoms with Gasteiger partial charge in [0, 0.05) is 43.1 Å². The zero-order valence-electron chi connectivity index (χ0n) is 11.7. The summed E-state index contributed by atoms with van der Waals surface area (Å²) in [7, 11) is 0. The fraction of sp³-hybridized carbons (Fsp3) is 0.438. The number of benzene rings is 1. The Morgan fingerprint density at radius 2 is 2.10 bits per heavy atom. The number of morpholine rings is 1. The Balaban J connectivity index is 1.52. The Kier molecular flexibility index (Phi) is 4.46. The van der Waals surface area contributed by atoms with Crippen molar-refractivity contribution in [3.05, 3.63) is 36.7 Å². The first-order chi connectivity index (χ1) is 9.93. The van der Waals surface area contributed by atoms with E-state index in [0.29, 0.717) is 0 Å². The molecule has 3 rings (SSSR count). The van der Waals surface area contributed by atoms with Crippen LogP contribution < -0.4 is 5.32 Å². The van der Waals surface area contributed by atoms with E-state index < -0.39 is 0 Å². The molecular formula is C16H21N3O. The van der Waals surface area contributed by atoms with Crippen molar-refractivity contribution >= 4 is 16.5 Å². The van der Waals surface area contributed by atoms with Gasteiger partial charge in [-0.25, -0.2) is 0 Å². The van der Waals surface area contributed by atoms with Gasteiger partial charge >= 0.3 is 0 Å². The second-order valence-corrected chi connectivity index (χ2v) is 5.14. The maximum atomic E-state index is 5.36. The van der Waals surface area contributed by atoms with Crippen LogP contribution in [0.1, 0.15) is 6.42 Å². The number of pyridine rings is 1. The van der Waals surface area contributed by atoms with Crippen LogP contribution in [-0.4, -0.2) is 49.3 Å². The minimum absolute atomic E-state index is 0.877. The maximum Gasteiger partial charge on any atom is 0.0594 e. The number of anilines is 1. The summed E-state index contributed by atoms with van der Waals surface area (Å²) in [6, 6.07) is 8.38. The maximum absolute atomic E-state index is 5.36. The first kappa shape index (κ1) is 13.3. The smallest absolute Gasteiger partial charge is 0.0594 e. The van der Waals surface area contributed by atoms with E-state index in [4.69, 9.17) is 4.74 Å². The summed E-state index contributed by atoms with van der Waals surface area (Å²) in [6.07, 6.45) is 4.92. The highest BCUT2D eigenvalue weighted by atomic mass is 16.5. The number of fused-ring (bicyclic) bond motifs is 1. The number of nitrogens with one attached hydrogen (secondary N) is 1. The Hall–Kier alpha value is -1.65. The molecule has 1 saturated heterocycles. The Labute approximate surface area is 119 Å². The molecule has 0 amide bonds. The Morgan fingerprint density at radius 3 is 3.00 bits per heavy atom. The van der Waals surface area contributed by atoms with Crippen molar-refractivity contribution in [2.24, 2.45) is 0 Å². The molecule has 106 valence electrons. The van der Waals surface area contributed by atoms with E-state index in [-0.39, 0.29) is 0 Å². The molecule has 0 bridgehead atoms. The lowest BCUT2D eigenvalue weighted by Gasteiger charge is -2.26. The van der Waals surface area contributed by atoms with E-state index >= 15 is 0 Å². The minimum Gasteiger partial charge on any atom is -0.384 e. The molecule has 0 spiro atoms. The third-order valence-electron chi connectivity index (χ3n) is 3.75. The first-order valence-electron chi connectivity index (χ1n) is 7.30. The Morgan fingerprint density at radius 1 is 1.20 bits per heavy atom. The largest absolute Gasteiger partial charge is 0.384 e. The van der Waals surface area contributed by atoms with Gasteiger partial charge in [0.05, 0.1) is 13.2 Å². The fourth-order valence-corrected chi connectivity index (χ4v) is 2.62. The summed E-state index contributed by atoms with van der Waals surface area (Å²) in [5.74, 6) is 0. The number of ether oxygens (including phenoxy) is 1. The van der Waals surface area contributed by atoms with Crippen molar-refractivity contribution in [3.63, 3.8) is 0 Å². The molecule has 0 atom stereocenters. The second-order valence-electron chi connectivity index (χ2n) is 5.14. The zero-order valence-corrected chi connectivity index (χ0v) is 11.7. The molecule has 1 fully saturated rings. The van der Waals surface area contributed by atoms with E-state index in [1.54, 1.807) is 0 Å².